The number of rotatable bonds is 4. The van der Waals surface area contributed by atoms with E-state index in [1.54, 1.807) is 6.92 Å². The zero-order chi connectivity index (χ0) is 12.8. The summed E-state index contributed by atoms with van der Waals surface area (Å²) in [5.74, 6) is -0.330. The normalized spacial score (nSPS) is 9.71. The average molecular weight is 233 g/mol. The van der Waals surface area contributed by atoms with Crippen molar-refractivity contribution in [2.45, 2.75) is 20.3 Å². The van der Waals surface area contributed by atoms with Gasteiger partial charge in [-0.1, -0.05) is 0 Å². The van der Waals surface area contributed by atoms with Gasteiger partial charge >= 0.3 is 0 Å². The first-order chi connectivity index (χ1) is 8.10. The Morgan fingerprint density at radius 1 is 1.59 bits per heavy atom. The summed E-state index contributed by atoms with van der Waals surface area (Å²) in [6.45, 7) is 4.40. The Balaban J connectivity index is 2.95. The third-order valence-corrected chi connectivity index (χ3v) is 2.45. The topological polar surface area (TPSA) is 77.0 Å². The number of nitriles is 1. The number of carbonyl (C=O) groups excluding carboxylic acids is 1. The molecule has 0 radical (unpaired) electrons. The summed E-state index contributed by atoms with van der Waals surface area (Å²) in [4.78, 5) is 28.0. The molecule has 1 rings (SSSR count). The van der Waals surface area contributed by atoms with Gasteiger partial charge in [0, 0.05) is 31.0 Å². The number of nitrogens with zero attached hydrogens (tertiary/aromatic N) is 2. The highest BCUT2D eigenvalue weighted by atomic mass is 16.2. The molecule has 0 unspecified atom stereocenters. The highest BCUT2D eigenvalue weighted by molar-refractivity contribution is 5.93. The van der Waals surface area contributed by atoms with Gasteiger partial charge in [0.2, 0.25) is 0 Å². The van der Waals surface area contributed by atoms with E-state index in [-0.39, 0.29) is 23.3 Å². The lowest BCUT2D eigenvalue weighted by atomic mass is 10.2. The first kappa shape index (κ1) is 13.0. The van der Waals surface area contributed by atoms with Crippen molar-refractivity contribution in [1.29, 1.82) is 5.26 Å². The number of aryl methyl sites for hydroxylation is 1. The lowest BCUT2D eigenvalue weighted by Gasteiger charge is -2.18. The molecule has 0 saturated heterocycles. The highest BCUT2D eigenvalue weighted by Crippen LogP contribution is 2.01. The lowest BCUT2D eigenvalue weighted by molar-refractivity contribution is 0.0766. The fourth-order valence-electron chi connectivity index (χ4n) is 1.50. The average Bonchev–Trinajstić information content (AvgIpc) is 2.29. The summed E-state index contributed by atoms with van der Waals surface area (Å²) in [5.41, 5.74) is 0.545. The number of nitrogens with one attached hydrogen (secondary N) is 1. The van der Waals surface area contributed by atoms with Crippen LogP contribution in [-0.2, 0) is 0 Å². The Labute approximate surface area is 99.7 Å². The van der Waals surface area contributed by atoms with E-state index in [4.69, 9.17) is 5.26 Å². The number of H-pyrrole nitrogens is 1. The van der Waals surface area contributed by atoms with E-state index in [2.05, 4.69) is 4.98 Å². The van der Waals surface area contributed by atoms with E-state index in [0.717, 1.165) is 0 Å². The SMILES string of the molecule is CCN(CCC#N)C(=O)c1c[nH]c(C)cc1=O. The van der Waals surface area contributed by atoms with Crippen molar-refractivity contribution >= 4 is 5.91 Å². The number of pyridine rings is 1. The van der Waals surface area contributed by atoms with Crippen LogP contribution in [0, 0.1) is 18.3 Å². The van der Waals surface area contributed by atoms with Gasteiger partial charge in [0.15, 0.2) is 5.43 Å². The van der Waals surface area contributed by atoms with Crippen LogP contribution in [0.1, 0.15) is 29.4 Å². The van der Waals surface area contributed by atoms with Crippen LogP contribution in [0.4, 0.5) is 0 Å². The predicted molar refractivity (Wildman–Crippen MR) is 63.6 cm³/mol. The summed E-state index contributed by atoms with van der Waals surface area (Å²) >= 11 is 0. The van der Waals surface area contributed by atoms with Crippen LogP contribution >= 0.6 is 0 Å². The first-order valence-electron chi connectivity index (χ1n) is 5.45. The van der Waals surface area contributed by atoms with Crippen molar-refractivity contribution in [3.8, 4) is 6.07 Å². The van der Waals surface area contributed by atoms with Crippen LogP contribution < -0.4 is 5.43 Å². The first-order valence-corrected chi connectivity index (χ1v) is 5.45. The van der Waals surface area contributed by atoms with Crippen LogP contribution in [0.15, 0.2) is 17.1 Å². The van der Waals surface area contributed by atoms with Crippen LogP contribution in [0.25, 0.3) is 0 Å². The summed E-state index contributed by atoms with van der Waals surface area (Å²) in [6.07, 6.45) is 1.69. The molecule has 5 heteroatoms. The Bertz CT molecular complexity index is 499. The molecule has 0 bridgehead atoms. The molecule has 0 saturated carbocycles. The fourth-order valence-corrected chi connectivity index (χ4v) is 1.50. The molecule has 1 aromatic rings. The second kappa shape index (κ2) is 5.85. The van der Waals surface area contributed by atoms with Crippen molar-refractivity contribution in [3.63, 3.8) is 0 Å². The Morgan fingerprint density at radius 2 is 2.29 bits per heavy atom. The van der Waals surface area contributed by atoms with E-state index in [1.165, 1.54) is 17.2 Å². The van der Waals surface area contributed by atoms with Gasteiger partial charge in [-0.15, -0.1) is 0 Å². The van der Waals surface area contributed by atoms with E-state index in [0.29, 0.717) is 18.8 Å². The largest absolute Gasteiger partial charge is 0.364 e. The predicted octanol–water partition coefficient (Wildman–Crippen LogP) is 1.06. The van der Waals surface area contributed by atoms with Gasteiger partial charge in [0.25, 0.3) is 5.91 Å². The summed E-state index contributed by atoms with van der Waals surface area (Å²) < 4.78 is 0. The quantitative estimate of drug-likeness (QED) is 0.844. The van der Waals surface area contributed by atoms with Crippen LogP contribution in [0.5, 0.6) is 0 Å². The molecule has 5 nitrogen and oxygen atoms in total. The van der Waals surface area contributed by atoms with Gasteiger partial charge in [-0.25, -0.2) is 0 Å². The third-order valence-electron chi connectivity index (χ3n) is 2.45. The molecular weight excluding hydrogens is 218 g/mol. The van der Waals surface area contributed by atoms with E-state index >= 15 is 0 Å². The van der Waals surface area contributed by atoms with E-state index in [1.807, 2.05) is 13.0 Å². The Kier molecular flexibility index (Phi) is 4.46. The molecular formula is C12H15N3O2. The molecule has 1 N–H and O–H groups in total. The molecule has 1 heterocycles. The number of hydrogen-bond acceptors (Lipinski definition) is 3. The molecule has 1 amide bonds. The van der Waals surface area contributed by atoms with Crippen molar-refractivity contribution in [2.24, 2.45) is 0 Å². The molecule has 0 aliphatic rings. The second-order valence-corrected chi connectivity index (χ2v) is 3.69. The summed E-state index contributed by atoms with van der Waals surface area (Å²) in [7, 11) is 0. The minimum absolute atomic E-state index is 0.121. The minimum Gasteiger partial charge on any atom is -0.364 e. The second-order valence-electron chi connectivity index (χ2n) is 3.69. The molecule has 17 heavy (non-hydrogen) atoms. The molecule has 0 spiro atoms. The highest BCUT2D eigenvalue weighted by Gasteiger charge is 2.16. The molecule has 0 fully saturated rings. The number of aromatic nitrogens is 1. The van der Waals surface area contributed by atoms with Gasteiger partial charge < -0.3 is 9.88 Å². The van der Waals surface area contributed by atoms with E-state index in [9.17, 15) is 9.59 Å². The standard InChI is InChI=1S/C12H15N3O2/c1-3-15(6-4-5-13)12(17)10-8-14-9(2)7-11(10)16/h7-8H,3-4,6H2,1-2H3,(H,14,16). The number of carbonyl (C=O) groups is 1. The molecule has 0 atom stereocenters. The zero-order valence-corrected chi connectivity index (χ0v) is 9.99. The minimum atomic E-state index is -0.330. The van der Waals surface area contributed by atoms with Gasteiger partial charge in [-0.2, -0.15) is 5.26 Å². The van der Waals surface area contributed by atoms with Crippen LogP contribution in [0.3, 0.4) is 0 Å². The molecule has 0 aromatic carbocycles. The van der Waals surface area contributed by atoms with Crippen molar-refractivity contribution in [1.82, 2.24) is 9.88 Å². The third kappa shape index (κ3) is 3.18. The maximum atomic E-state index is 12.0. The summed E-state index contributed by atoms with van der Waals surface area (Å²) in [5, 5.41) is 8.50. The lowest BCUT2D eigenvalue weighted by Crippen LogP contribution is -2.34. The number of aromatic amines is 1. The van der Waals surface area contributed by atoms with E-state index < -0.39 is 0 Å². The maximum Gasteiger partial charge on any atom is 0.259 e. The molecule has 0 aliphatic carbocycles. The number of hydrogen-bond donors (Lipinski definition) is 1. The van der Waals surface area contributed by atoms with Gasteiger partial charge in [0.05, 0.1) is 12.5 Å². The van der Waals surface area contributed by atoms with Gasteiger partial charge in [-0.3, -0.25) is 9.59 Å². The van der Waals surface area contributed by atoms with Crippen LogP contribution in [0.2, 0.25) is 0 Å². The summed E-state index contributed by atoms with van der Waals surface area (Å²) in [6, 6.07) is 3.38. The molecule has 1 aromatic heterocycles. The van der Waals surface area contributed by atoms with Crippen molar-refractivity contribution in [2.75, 3.05) is 13.1 Å². The van der Waals surface area contributed by atoms with Gasteiger partial charge in [-0.05, 0) is 13.8 Å². The van der Waals surface area contributed by atoms with Gasteiger partial charge in [0.1, 0.15) is 5.56 Å². The monoisotopic (exact) mass is 233 g/mol. The molecule has 0 aliphatic heterocycles. The maximum absolute atomic E-state index is 12.0. The smallest absolute Gasteiger partial charge is 0.259 e. The van der Waals surface area contributed by atoms with Crippen LogP contribution in [-0.4, -0.2) is 28.9 Å². The van der Waals surface area contributed by atoms with Crippen molar-refractivity contribution < 1.29 is 4.79 Å². The Hall–Kier alpha value is -2.09. The van der Waals surface area contributed by atoms with Crippen molar-refractivity contribution in [3.05, 3.63) is 33.7 Å². The number of amides is 1. The zero-order valence-electron chi connectivity index (χ0n) is 9.99. The molecule has 90 valence electrons. The fraction of sp³-hybridized carbons (Fsp3) is 0.417. The Morgan fingerprint density at radius 3 is 2.82 bits per heavy atom.